The van der Waals surface area contributed by atoms with Crippen molar-refractivity contribution in [2.45, 2.75) is 33.6 Å². The molecule has 1 aromatic rings. The number of hydrogen-bond acceptors (Lipinski definition) is 5. The largest absolute Gasteiger partial charge is 0.482 e. The lowest BCUT2D eigenvalue weighted by Crippen LogP contribution is -2.38. The molecule has 0 aliphatic heterocycles. The summed E-state index contributed by atoms with van der Waals surface area (Å²) in [4.78, 5) is 34.4. The summed E-state index contributed by atoms with van der Waals surface area (Å²) in [5.74, 6) is -0.604. The average Bonchev–Trinajstić information content (AvgIpc) is 2.56. The second-order valence-electron chi connectivity index (χ2n) is 5.88. The van der Waals surface area contributed by atoms with Gasteiger partial charge in [0.1, 0.15) is 5.75 Å². The van der Waals surface area contributed by atoms with Gasteiger partial charge in [-0.25, -0.2) is 4.79 Å². The Morgan fingerprint density at radius 3 is 2.44 bits per heavy atom. The van der Waals surface area contributed by atoms with Crippen molar-refractivity contribution < 1.29 is 23.9 Å². The number of benzene rings is 1. The number of likely N-dealkylation sites (N-methyl/N-ethyl adjacent to an activating group) is 1. The number of aryl methyl sites for hydroxylation is 1. The molecule has 0 heterocycles. The molecule has 0 saturated heterocycles. The monoisotopic (exact) mass is 350 g/mol. The summed E-state index contributed by atoms with van der Waals surface area (Å²) in [6.45, 7) is 7.39. The van der Waals surface area contributed by atoms with E-state index < -0.39 is 18.5 Å². The van der Waals surface area contributed by atoms with E-state index in [4.69, 9.17) is 9.47 Å². The van der Waals surface area contributed by atoms with Gasteiger partial charge in [-0.3, -0.25) is 9.59 Å². The van der Waals surface area contributed by atoms with Crippen molar-refractivity contribution in [2.24, 2.45) is 0 Å². The van der Waals surface area contributed by atoms with Crippen LogP contribution >= 0.6 is 0 Å². The molecule has 138 valence electrons. The number of amides is 2. The summed E-state index contributed by atoms with van der Waals surface area (Å²) >= 11 is 0. The molecule has 0 atom stereocenters. The fourth-order valence-corrected chi connectivity index (χ4v) is 2.06. The van der Waals surface area contributed by atoms with Gasteiger partial charge in [0.05, 0.1) is 6.54 Å². The maximum absolute atomic E-state index is 11.7. The molecule has 0 aromatic heterocycles. The maximum Gasteiger partial charge on any atom is 0.344 e. The zero-order chi connectivity index (χ0) is 18.8. The number of nitrogens with one attached hydrogen (secondary N) is 2. The molecule has 25 heavy (non-hydrogen) atoms. The molecule has 2 N–H and O–H groups in total. The van der Waals surface area contributed by atoms with E-state index in [0.29, 0.717) is 12.3 Å². The molecule has 7 heteroatoms. The van der Waals surface area contributed by atoms with Crippen molar-refractivity contribution in [3.63, 3.8) is 0 Å². The highest BCUT2D eigenvalue weighted by atomic mass is 16.6. The van der Waals surface area contributed by atoms with Crippen LogP contribution in [0.3, 0.4) is 0 Å². The highest BCUT2D eigenvalue weighted by molar-refractivity contribution is 5.86. The van der Waals surface area contributed by atoms with Crippen LogP contribution in [0.2, 0.25) is 0 Å². The van der Waals surface area contributed by atoms with Crippen LogP contribution in [-0.4, -0.2) is 44.1 Å². The number of carbonyl (C=O) groups is 3. The van der Waals surface area contributed by atoms with Crippen molar-refractivity contribution in [1.82, 2.24) is 10.6 Å². The van der Waals surface area contributed by atoms with E-state index in [1.165, 1.54) is 0 Å². The van der Waals surface area contributed by atoms with Gasteiger partial charge in [-0.1, -0.05) is 26.0 Å². The minimum Gasteiger partial charge on any atom is -0.482 e. The second kappa shape index (κ2) is 10.3. The lowest BCUT2D eigenvalue weighted by Gasteiger charge is -2.14. The SMILES string of the molecule is CCNC(=O)CNC(=O)COC(=O)COc1cc(C)ccc1C(C)C. The molecule has 0 radical (unpaired) electrons. The van der Waals surface area contributed by atoms with E-state index in [0.717, 1.165) is 11.1 Å². The van der Waals surface area contributed by atoms with Crippen LogP contribution < -0.4 is 15.4 Å². The quantitative estimate of drug-likeness (QED) is 0.655. The maximum atomic E-state index is 11.7. The lowest BCUT2D eigenvalue weighted by molar-refractivity contribution is -0.150. The Labute approximate surface area is 148 Å². The van der Waals surface area contributed by atoms with Gasteiger partial charge >= 0.3 is 5.97 Å². The Kier molecular flexibility index (Phi) is 8.46. The zero-order valence-corrected chi connectivity index (χ0v) is 15.2. The predicted molar refractivity (Wildman–Crippen MR) is 93.4 cm³/mol. The summed E-state index contributed by atoms with van der Waals surface area (Å²) < 4.78 is 10.4. The van der Waals surface area contributed by atoms with Crippen molar-refractivity contribution >= 4 is 17.8 Å². The topological polar surface area (TPSA) is 93.7 Å². The fraction of sp³-hybridized carbons (Fsp3) is 0.500. The van der Waals surface area contributed by atoms with E-state index in [1.54, 1.807) is 6.92 Å². The smallest absolute Gasteiger partial charge is 0.344 e. The van der Waals surface area contributed by atoms with E-state index in [-0.39, 0.29) is 25.0 Å². The van der Waals surface area contributed by atoms with Crippen LogP contribution in [0.1, 0.15) is 37.8 Å². The number of rotatable bonds is 9. The summed E-state index contributed by atoms with van der Waals surface area (Å²) in [7, 11) is 0. The predicted octanol–water partition coefficient (Wildman–Crippen LogP) is 1.29. The van der Waals surface area contributed by atoms with Crippen molar-refractivity contribution in [3.8, 4) is 5.75 Å². The Balaban J connectivity index is 2.39. The number of ether oxygens (including phenoxy) is 2. The highest BCUT2D eigenvalue weighted by Gasteiger charge is 2.12. The number of hydrogen-bond donors (Lipinski definition) is 2. The third kappa shape index (κ3) is 7.69. The molecule has 0 spiro atoms. The van der Waals surface area contributed by atoms with E-state index in [1.807, 2.05) is 39.0 Å². The van der Waals surface area contributed by atoms with Crippen LogP contribution in [0, 0.1) is 6.92 Å². The molecular weight excluding hydrogens is 324 g/mol. The van der Waals surface area contributed by atoms with Crippen LogP contribution in [0.25, 0.3) is 0 Å². The van der Waals surface area contributed by atoms with Crippen molar-refractivity contribution in [2.75, 3.05) is 26.3 Å². The van der Waals surface area contributed by atoms with Crippen LogP contribution in [0.5, 0.6) is 5.75 Å². The van der Waals surface area contributed by atoms with Crippen LogP contribution in [-0.2, 0) is 19.1 Å². The fourth-order valence-electron chi connectivity index (χ4n) is 2.06. The van der Waals surface area contributed by atoms with Gasteiger partial charge in [0.25, 0.3) is 5.91 Å². The van der Waals surface area contributed by atoms with Gasteiger partial charge in [-0.05, 0) is 37.0 Å². The number of esters is 1. The van der Waals surface area contributed by atoms with Gasteiger partial charge in [0, 0.05) is 6.54 Å². The van der Waals surface area contributed by atoms with Crippen molar-refractivity contribution in [1.29, 1.82) is 0 Å². The molecule has 0 bridgehead atoms. The molecule has 7 nitrogen and oxygen atoms in total. The minimum atomic E-state index is -0.649. The first-order valence-electron chi connectivity index (χ1n) is 8.25. The standard InChI is InChI=1S/C18H26N2O5/c1-5-19-16(21)9-20-17(22)10-25-18(23)11-24-15-8-13(4)6-7-14(15)12(2)3/h6-8,12H,5,9-11H2,1-4H3,(H,19,21)(H,20,22). The normalized spacial score (nSPS) is 10.3. The highest BCUT2D eigenvalue weighted by Crippen LogP contribution is 2.27. The molecule has 0 aliphatic rings. The molecule has 2 amide bonds. The van der Waals surface area contributed by atoms with Gasteiger partial charge in [-0.15, -0.1) is 0 Å². The van der Waals surface area contributed by atoms with E-state index in [2.05, 4.69) is 10.6 Å². The van der Waals surface area contributed by atoms with Gasteiger partial charge < -0.3 is 20.1 Å². The summed E-state index contributed by atoms with van der Waals surface area (Å²) in [6.07, 6.45) is 0. The molecule has 0 aliphatic carbocycles. The molecule has 1 aromatic carbocycles. The summed E-state index contributed by atoms with van der Waals surface area (Å²) in [5, 5.41) is 4.90. The van der Waals surface area contributed by atoms with E-state index in [9.17, 15) is 14.4 Å². The first-order valence-corrected chi connectivity index (χ1v) is 8.25. The summed E-state index contributed by atoms with van der Waals surface area (Å²) in [5.41, 5.74) is 2.02. The Morgan fingerprint density at radius 1 is 1.08 bits per heavy atom. The third-order valence-electron chi connectivity index (χ3n) is 3.32. The third-order valence-corrected chi connectivity index (χ3v) is 3.32. The Morgan fingerprint density at radius 2 is 1.80 bits per heavy atom. The first-order chi connectivity index (χ1) is 11.8. The zero-order valence-electron chi connectivity index (χ0n) is 15.2. The van der Waals surface area contributed by atoms with Gasteiger partial charge in [0.15, 0.2) is 13.2 Å². The number of carbonyl (C=O) groups excluding carboxylic acids is 3. The molecular formula is C18H26N2O5. The van der Waals surface area contributed by atoms with Gasteiger partial charge in [-0.2, -0.15) is 0 Å². The summed E-state index contributed by atoms with van der Waals surface area (Å²) in [6, 6.07) is 5.82. The lowest BCUT2D eigenvalue weighted by atomic mass is 10.0. The molecule has 0 unspecified atom stereocenters. The first kappa shape index (κ1) is 20.5. The van der Waals surface area contributed by atoms with Crippen LogP contribution in [0.4, 0.5) is 0 Å². The molecule has 0 fully saturated rings. The molecule has 1 rings (SSSR count). The second-order valence-corrected chi connectivity index (χ2v) is 5.88. The Hall–Kier alpha value is -2.57. The van der Waals surface area contributed by atoms with Crippen LogP contribution in [0.15, 0.2) is 18.2 Å². The van der Waals surface area contributed by atoms with Crippen molar-refractivity contribution in [3.05, 3.63) is 29.3 Å². The minimum absolute atomic E-state index is 0.151. The average molecular weight is 350 g/mol. The Bertz CT molecular complexity index is 613. The van der Waals surface area contributed by atoms with Gasteiger partial charge in [0.2, 0.25) is 5.91 Å². The van der Waals surface area contributed by atoms with E-state index >= 15 is 0 Å². The molecule has 0 saturated carbocycles.